The van der Waals surface area contributed by atoms with Gasteiger partial charge in [0.15, 0.2) is 0 Å². The van der Waals surface area contributed by atoms with E-state index in [1.54, 1.807) is 10.9 Å². The molecule has 26 heavy (non-hydrogen) atoms. The second-order valence-electron chi connectivity index (χ2n) is 5.97. The summed E-state index contributed by atoms with van der Waals surface area (Å²) in [5, 5.41) is 18.5. The summed E-state index contributed by atoms with van der Waals surface area (Å²) in [4.78, 5) is 0. The van der Waals surface area contributed by atoms with Crippen LogP contribution in [0.5, 0.6) is 5.75 Å². The lowest BCUT2D eigenvalue weighted by Gasteiger charge is -2.05. The second-order valence-corrected chi connectivity index (χ2v) is 6.36. The number of ether oxygens (including phenoxy) is 1. The Hall–Kier alpha value is -2.74. The molecule has 2 heterocycles. The average Bonchev–Trinajstić information content (AvgIpc) is 3.23. The molecule has 0 atom stereocenters. The highest BCUT2D eigenvalue weighted by Gasteiger charge is 2.10. The summed E-state index contributed by atoms with van der Waals surface area (Å²) in [6, 6.07) is 9.70. The zero-order valence-electron chi connectivity index (χ0n) is 14.9. The molecule has 0 saturated heterocycles. The van der Waals surface area contributed by atoms with Gasteiger partial charge in [0, 0.05) is 5.69 Å². The van der Waals surface area contributed by atoms with Crippen LogP contribution in [0.4, 0.5) is 0 Å². The first-order valence-electron chi connectivity index (χ1n) is 8.64. The Bertz CT molecular complexity index is 922. The van der Waals surface area contributed by atoms with E-state index >= 15 is 0 Å². The quantitative estimate of drug-likeness (QED) is 0.355. The molecule has 7 nitrogen and oxygen atoms in total. The lowest BCUT2D eigenvalue weighted by atomic mass is 10.2. The summed E-state index contributed by atoms with van der Waals surface area (Å²) in [7, 11) is 0. The van der Waals surface area contributed by atoms with E-state index in [0.717, 1.165) is 30.0 Å². The van der Waals surface area contributed by atoms with Gasteiger partial charge in [0.1, 0.15) is 11.4 Å². The molecule has 0 spiro atoms. The van der Waals surface area contributed by atoms with Gasteiger partial charge >= 0.3 is 0 Å². The summed E-state index contributed by atoms with van der Waals surface area (Å²) in [6.45, 7) is 4.86. The fourth-order valence-corrected chi connectivity index (χ4v) is 2.59. The number of nitrogens with zero attached hydrogens (tertiary/aromatic N) is 4. The van der Waals surface area contributed by atoms with Crippen molar-refractivity contribution in [3.63, 3.8) is 0 Å². The minimum atomic E-state index is 0.410. The monoisotopic (exact) mass is 370 g/mol. The van der Waals surface area contributed by atoms with Crippen LogP contribution in [-0.4, -0.2) is 37.9 Å². The molecule has 3 rings (SSSR count). The second kappa shape index (κ2) is 8.57. The van der Waals surface area contributed by atoms with Gasteiger partial charge in [-0.3, -0.25) is 5.10 Å². The van der Waals surface area contributed by atoms with Crippen molar-refractivity contribution in [1.82, 2.24) is 25.1 Å². The first-order valence-corrected chi connectivity index (χ1v) is 9.05. The number of aryl methyl sites for hydroxylation is 1. The highest BCUT2D eigenvalue weighted by Crippen LogP contribution is 2.16. The number of benzene rings is 1. The van der Waals surface area contributed by atoms with Crippen LogP contribution in [0, 0.1) is 11.7 Å². The van der Waals surface area contributed by atoms with Crippen molar-refractivity contribution >= 4 is 18.4 Å². The summed E-state index contributed by atoms with van der Waals surface area (Å²) < 4.78 is 7.68. The van der Waals surface area contributed by atoms with Crippen LogP contribution < -0.4 is 4.74 Å². The number of hydrogen-bond acceptors (Lipinski definition) is 5. The number of nitrogens with one attached hydrogen (secondary N) is 2. The summed E-state index contributed by atoms with van der Waals surface area (Å²) in [5.41, 5.74) is 2.57. The van der Waals surface area contributed by atoms with E-state index in [0.29, 0.717) is 16.3 Å². The molecule has 0 fully saturated rings. The van der Waals surface area contributed by atoms with Crippen molar-refractivity contribution in [2.75, 3.05) is 6.61 Å². The van der Waals surface area contributed by atoms with Gasteiger partial charge in [0.05, 0.1) is 12.8 Å². The highest BCUT2D eigenvalue weighted by atomic mass is 32.1. The van der Waals surface area contributed by atoms with E-state index in [1.807, 2.05) is 37.3 Å². The Labute approximate surface area is 157 Å². The maximum absolute atomic E-state index is 5.72. The predicted molar refractivity (Wildman–Crippen MR) is 104 cm³/mol. The third-order valence-corrected chi connectivity index (χ3v) is 4.07. The molecule has 0 radical (unpaired) electrons. The van der Waals surface area contributed by atoms with Gasteiger partial charge in [-0.05, 0) is 61.5 Å². The molecule has 136 valence electrons. The maximum Gasteiger partial charge on any atom is 0.216 e. The van der Waals surface area contributed by atoms with E-state index in [-0.39, 0.29) is 0 Å². The molecule has 2 aromatic heterocycles. The third-order valence-electron chi connectivity index (χ3n) is 3.80. The first kappa shape index (κ1) is 18.1. The topological polar surface area (TPSA) is 83.9 Å². The van der Waals surface area contributed by atoms with Gasteiger partial charge in [-0.2, -0.15) is 20.0 Å². The molecule has 8 heteroatoms. The number of hydrogen-bond donors (Lipinski definition) is 2. The summed E-state index contributed by atoms with van der Waals surface area (Å²) >= 11 is 5.26. The Morgan fingerprint density at radius 1 is 1.19 bits per heavy atom. The van der Waals surface area contributed by atoms with Crippen molar-refractivity contribution in [3.8, 4) is 17.3 Å². The van der Waals surface area contributed by atoms with Gasteiger partial charge in [0.2, 0.25) is 10.6 Å². The molecule has 0 aliphatic rings. The average molecular weight is 370 g/mol. The molecule has 0 saturated carbocycles. The predicted octanol–water partition coefficient (Wildman–Crippen LogP) is 4.09. The van der Waals surface area contributed by atoms with Crippen molar-refractivity contribution in [1.29, 1.82) is 0 Å². The molecular weight excluding hydrogens is 348 g/mol. The van der Waals surface area contributed by atoms with Gasteiger partial charge in [-0.1, -0.05) is 19.8 Å². The van der Waals surface area contributed by atoms with Gasteiger partial charge in [0.25, 0.3) is 0 Å². The molecule has 2 N–H and O–H groups in total. The highest BCUT2D eigenvalue weighted by molar-refractivity contribution is 7.71. The standard InChI is InChI=1S/C18H22N6OS/c1-3-4-5-10-25-15-8-6-14(7-9-15)12-19-24-17(22-23-18(24)26)16-11-13(2)20-21-16/h6-9,11-12H,3-5,10H2,1-2H3,(H,20,21)(H,23,26). The van der Waals surface area contributed by atoms with Gasteiger partial charge < -0.3 is 4.74 Å². The van der Waals surface area contributed by atoms with Crippen LogP contribution in [-0.2, 0) is 0 Å². The number of rotatable bonds is 8. The van der Waals surface area contributed by atoms with Crippen molar-refractivity contribution < 1.29 is 4.74 Å². The van der Waals surface area contributed by atoms with Crippen molar-refractivity contribution in [2.45, 2.75) is 33.1 Å². The molecule has 0 aliphatic carbocycles. The molecule has 3 aromatic rings. The zero-order chi connectivity index (χ0) is 18.4. The maximum atomic E-state index is 5.72. The number of aromatic nitrogens is 5. The largest absolute Gasteiger partial charge is 0.494 e. The van der Waals surface area contributed by atoms with Crippen LogP contribution >= 0.6 is 12.2 Å². The normalized spacial score (nSPS) is 11.3. The molecular formula is C18H22N6OS. The van der Waals surface area contributed by atoms with E-state index in [4.69, 9.17) is 17.0 Å². The third kappa shape index (κ3) is 4.45. The lowest BCUT2D eigenvalue weighted by Crippen LogP contribution is -1.97. The smallest absolute Gasteiger partial charge is 0.216 e. The Kier molecular flexibility index (Phi) is 5.96. The minimum absolute atomic E-state index is 0.410. The Morgan fingerprint density at radius 2 is 2.00 bits per heavy atom. The summed E-state index contributed by atoms with van der Waals surface area (Å²) in [5.74, 6) is 1.43. The van der Waals surface area contributed by atoms with Crippen LogP contribution in [0.1, 0.15) is 37.4 Å². The molecule has 0 amide bonds. The number of aromatic amines is 2. The van der Waals surface area contributed by atoms with Crippen LogP contribution in [0.2, 0.25) is 0 Å². The molecule has 0 aliphatic heterocycles. The zero-order valence-corrected chi connectivity index (χ0v) is 15.7. The van der Waals surface area contributed by atoms with Crippen LogP contribution in [0.15, 0.2) is 35.4 Å². The van der Waals surface area contributed by atoms with Gasteiger partial charge in [-0.25, -0.2) is 5.10 Å². The lowest BCUT2D eigenvalue weighted by molar-refractivity contribution is 0.306. The first-order chi connectivity index (χ1) is 12.7. The number of unbranched alkanes of at least 4 members (excludes halogenated alkanes) is 2. The summed E-state index contributed by atoms with van der Waals surface area (Å²) in [6.07, 6.45) is 5.19. The molecule has 0 bridgehead atoms. The molecule has 1 aromatic carbocycles. The van der Waals surface area contributed by atoms with E-state index in [1.165, 1.54) is 12.8 Å². The van der Waals surface area contributed by atoms with Crippen LogP contribution in [0.25, 0.3) is 11.5 Å². The molecule has 0 unspecified atom stereocenters. The fraction of sp³-hybridized carbons (Fsp3) is 0.333. The number of H-pyrrole nitrogens is 2. The fourth-order valence-electron chi connectivity index (χ4n) is 2.41. The van der Waals surface area contributed by atoms with E-state index in [2.05, 4.69) is 32.4 Å². The van der Waals surface area contributed by atoms with Crippen molar-refractivity contribution in [3.05, 3.63) is 46.4 Å². The Balaban J connectivity index is 1.70. The SMILES string of the molecule is CCCCCOc1ccc(C=Nn2c(-c3cc(C)[nH]n3)n[nH]c2=S)cc1. The van der Waals surface area contributed by atoms with Crippen LogP contribution in [0.3, 0.4) is 0 Å². The minimum Gasteiger partial charge on any atom is -0.494 e. The van der Waals surface area contributed by atoms with Crippen molar-refractivity contribution in [2.24, 2.45) is 5.10 Å². The van der Waals surface area contributed by atoms with E-state index in [9.17, 15) is 0 Å². The Morgan fingerprint density at radius 3 is 2.69 bits per heavy atom. The van der Waals surface area contributed by atoms with Gasteiger partial charge in [-0.15, -0.1) is 0 Å². The van der Waals surface area contributed by atoms with E-state index < -0.39 is 0 Å².